The summed E-state index contributed by atoms with van der Waals surface area (Å²) >= 11 is 0.544. The number of aromatic hydroxyl groups is 5. The maximum Gasteiger partial charge on any atom is 0.294 e. The first kappa shape index (κ1) is 29.7. The van der Waals surface area contributed by atoms with Crippen molar-refractivity contribution in [2.75, 3.05) is 31.2 Å². The Morgan fingerprint density at radius 2 is 1.62 bits per heavy atom. The number of amides is 1. The lowest BCUT2D eigenvalue weighted by molar-refractivity contribution is -0.185. The van der Waals surface area contributed by atoms with Crippen LogP contribution in [-0.2, 0) is 21.1 Å². The first-order valence-electron chi connectivity index (χ1n) is 11.1. The number of nitrogens with zero attached hydrogens (tertiary/aromatic N) is 1. The number of aromatic nitrogens is 1. The minimum Gasteiger partial charge on any atom is -0.504 e. The van der Waals surface area contributed by atoms with Gasteiger partial charge in [-0.05, 0) is 19.1 Å². The summed E-state index contributed by atoms with van der Waals surface area (Å²) in [7, 11) is 1.28. The van der Waals surface area contributed by atoms with Crippen molar-refractivity contribution < 1.29 is 55.5 Å². The molecule has 0 fully saturated rings. The van der Waals surface area contributed by atoms with Gasteiger partial charge in [0, 0.05) is 36.0 Å². The summed E-state index contributed by atoms with van der Waals surface area (Å²) in [5.41, 5.74) is 4.68. The number of nitrogen functional groups attached to an aromatic ring is 1. The van der Waals surface area contributed by atoms with Gasteiger partial charge in [0.05, 0.1) is 12.6 Å². The third kappa shape index (κ3) is 5.91. The highest BCUT2D eigenvalue weighted by Gasteiger charge is 2.41. The number of hydrogen-bond donors (Lipinski definition) is 12. The van der Waals surface area contributed by atoms with E-state index in [-0.39, 0.29) is 34.1 Å². The quantitative estimate of drug-likeness (QED) is 0.0831. The molecule has 0 bridgehead atoms. The number of thiazole rings is 1. The molecule has 0 aliphatic rings. The molecule has 2 aromatic carbocycles. The number of phenolic OH excluding ortho intramolecular Hbond substituents is 4. The Bertz CT molecular complexity index is 1330. The lowest BCUT2D eigenvalue weighted by Gasteiger charge is -2.26. The Morgan fingerprint density at radius 3 is 2.15 bits per heavy atom. The number of benzene rings is 2. The molecule has 15 nitrogen and oxygen atoms in total. The van der Waals surface area contributed by atoms with Gasteiger partial charge in [0.15, 0.2) is 22.3 Å². The highest BCUT2D eigenvalue weighted by Crippen LogP contribution is 2.49. The number of carbonyl (C=O) groups is 1. The van der Waals surface area contributed by atoms with E-state index in [0.717, 1.165) is 0 Å². The Balaban J connectivity index is 1.67. The number of aliphatic hydroxyl groups is 4. The minimum atomic E-state index is -3.20. The van der Waals surface area contributed by atoms with E-state index in [1.54, 1.807) is 0 Å². The Morgan fingerprint density at radius 1 is 1.03 bits per heavy atom. The lowest BCUT2D eigenvalue weighted by atomic mass is 9.99. The van der Waals surface area contributed by atoms with Crippen molar-refractivity contribution in [3.05, 3.63) is 46.6 Å². The van der Waals surface area contributed by atoms with Crippen LogP contribution < -0.4 is 16.4 Å². The maximum atomic E-state index is 12.4. The van der Waals surface area contributed by atoms with Crippen LogP contribution in [0.25, 0.3) is 0 Å². The summed E-state index contributed by atoms with van der Waals surface area (Å²) in [6.45, 7) is 0.787. The molecule has 16 heteroatoms. The molecule has 0 saturated heterocycles. The molecule has 3 aromatic rings. The van der Waals surface area contributed by atoms with Crippen molar-refractivity contribution in [3.63, 3.8) is 0 Å². The van der Waals surface area contributed by atoms with Crippen LogP contribution in [-0.4, -0.2) is 77.0 Å². The van der Waals surface area contributed by atoms with Crippen LogP contribution in [0.4, 0.5) is 10.8 Å². The maximum absolute atomic E-state index is 12.4. The van der Waals surface area contributed by atoms with Gasteiger partial charge < -0.3 is 67.1 Å². The molecule has 1 atom stereocenters. The van der Waals surface area contributed by atoms with Crippen LogP contribution in [0.5, 0.6) is 28.1 Å². The van der Waals surface area contributed by atoms with E-state index in [9.17, 15) is 50.8 Å². The first-order chi connectivity index (χ1) is 18.1. The second kappa shape index (κ2) is 11.1. The molecular formula is C23H28N4O11S. The van der Waals surface area contributed by atoms with Crippen LogP contribution in [0, 0.1) is 6.92 Å². The molecule has 1 amide bonds. The smallest absolute Gasteiger partial charge is 0.294 e. The fourth-order valence-corrected chi connectivity index (χ4v) is 4.33. The first-order valence-corrected chi connectivity index (χ1v) is 11.9. The summed E-state index contributed by atoms with van der Waals surface area (Å²) in [6.07, 6.45) is -0.986. The molecule has 3 rings (SSSR count). The second-order valence-electron chi connectivity index (χ2n) is 8.51. The van der Waals surface area contributed by atoms with Crippen molar-refractivity contribution in [2.45, 2.75) is 24.6 Å². The van der Waals surface area contributed by atoms with Gasteiger partial charge in [0.1, 0.15) is 0 Å². The van der Waals surface area contributed by atoms with Gasteiger partial charge in [-0.2, -0.15) is 0 Å². The Hall–Kier alpha value is -3.90. The predicted molar refractivity (Wildman–Crippen MR) is 136 cm³/mol. The zero-order valence-electron chi connectivity index (χ0n) is 20.6. The van der Waals surface area contributed by atoms with E-state index < -0.39 is 63.9 Å². The molecule has 13 N–H and O–H groups in total. The summed E-state index contributed by atoms with van der Waals surface area (Å²) in [6, 6.07) is 4.99. The van der Waals surface area contributed by atoms with Crippen molar-refractivity contribution >= 4 is 28.1 Å². The van der Waals surface area contributed by atoms with Gasteiger partial charge in [-0.1, -0.05) is 23.5 Å². The molecule has 0 saturated carbocycles. The van der Waals surface area contributed by atoms with E-state index in [1.807, 2.05) is 0 Å². The molecular weight excluding hydrogens is 540 g/mol. The summed E-state index contributed by atoms with van der Waals surface area (Å²) in [5, 5.41) is 94.9. The third-order valence-corrected chi connectivity index (χ3v) is 6.56. The molecule has 0 spiro atoms. The van der Waals surface area contributed by atoms with Crippen molar-refractivity contribution in [2.24, 2.45) is 0 Å². The molecule has 1 heterocycles. The molecule has 39 heavy (non-hydrogen) atoms. The number of nitrogens with one attached hydrogen (secondary N) is 2. The molecule has 1 aromatic heterocycles. The van der Waals surface area contributed by atoms with Crippen molar-refractivity contribution in [3.8, 4) is 28.1 Å². The number of ether oxygens (including phenoxy) is 1. The molecule has 212 valence electrons. The van der Waals surface area contributed by atoms with E-state index in [0.29, 0.717) is 11.3 Å². The largest absolute Gasteiger partial charge is 0.504 e. The van der Waals surface area contributed by atoms with E-state index in [2.05, 4.69) is 15.6 Å². The van der Waals surface area contributed by atoms with E-state index >= 15 is 0 Å². The van der Waals surface area contributed by atoms with Crippen molar-refractivity contribution in [1.29, 1.82) is 0 Å². The van der Waals surface area contributed by atoms with Gasteiger partial charge in [-0.15, -0.1) is 0 Å². The number of anilines is 2. The van der Waals surface area contributed by atoms with Crippen LogP contribution in [0.15, 0.2) is 24.3 Å². The predicted octanol–water partition coefficient (Wildman–Crippen LogP) is -0.547. The van der Waals surface area contributed by atoms with Crippen molar-refractivity contribution in [1.82, 2.24) is 10.3 Å². The van der Waals surface area contributed by atoms with Crippen LogP contribution in [0.3, 0.4) is 0 Å². The van der Waals surface area contributed by atoms with Crippen LogP contribution >= 0.6 is 11.3 Å². The normalized spacial score (nSPS) is 12.9. The number of rotatable bonds is 10. The van der Waals surface area contributed by atoms with Gasteiger partial charge in [-0.25, -0.2) is 4.98 Å². The Labute approximate surface area is 224 Å². The SMILES string of the molecule is COC(CNCC(O)(O)c1ccc(NC(=O)C(O)(O)c2nc(N)sc2O)cc1)c1c(C)c(O)c(O)c(O)c1O. The lowest BCUT2D eigenvalue weighted by Crippen LogP contribution is -2.40. The minimum absolute atomic E-state index is 0.0231. The number of nitrogens with two attached hydrogens (primary N) is 1. The average molecular weight is 569 g/mol. The fraction of sp³-hybridized carbons (Fsp3) is 0.304. The molecule has 0 radical (unpaired) electrons. The van der Waals surface area contributed by atoms with Gasteiger partial charge in [0.25, 0.3) is 11.7 Å². The third-order valence-electron chi connectivity index (χ3n) is 5.87. The summed E-state index contributed by atoms with van der Waals surface area (Å²) in [4.78, 5) is 15.9. The number of phenols is 4. The highest BCUT2D eigenvalue weighted by molar-refractivity contribution is 7.17. The summed E-state index contributed by atoms with van der Waals surface area (Å²) in [5.74, 6) is -10.2. The number of hydrogen-bond acceptors (Lipinski definition) is 15. The molecule has 0 aliphatic heterocycles. The molecule has 0 aliphatic carbocycles. The Kier molecular flexibility index (Phi) is 8.42. The molecule has 1 unspecified atom stereocenters. The monoisotopic (exact) mass is 568 g/mol. The van der Waals surface area contributed by atoms with Gasteiger partial charge >= 0.3 is 0 Å². The standard InChI is InChI=1S/C23H28N4O11S/c1-9-13(15(29)17(31)16(30)14(9)28)12(38-2)7-25-8-22(34,35)10-3-5-11(6-4-10)26-20(33)23(36,37)18-19(32)39-21(24)27-18/h3-6,12,25,28-32,34-37H,7-8H2,1-2H3,(H2,24,27)(H,26,33). The number of methoxy groups -OCH3 is 1. The van der Waals surface area contributed by atoms with E-state index in [1.165, 1.54) is 38.3 Å². The zero-order chi connectivity index (χ0) is 29.3. The number of carbonyl (C=O) groups excluding carboxylic acids is 1. The van der Waals surface area contributed by atoms with Crippen LogP contribution in [0.2, 0.25) is 0 Å². The van der Waals surface area contributed by atoms with Crippen LogP contribution in [0.1, 0.15) is 28.5 Å². The highest BCUT2D eigenvalue weighted by atomic mass is 32.1. The topological polar surface area (TPSA) is 271 Å². The zero-order valence-corrected chi connectivity index (χ0v) is 21.4. The fourth-order valence-electron chi connectivity index (χ4n) is 3.71. The van der Waals surface area contributed by atoms with Gasteiger partial charge in [0.2, 0.25) is 22.3 Å². The second-order valence-corrected chi connectivity index (χ2v) is 9.52. The van der Waals surface area contributed by atoms with E-state index in [4.69, 9.17) is 10.5 Å². The van der Waals surface area contributed by atoms with Gasteiger partial charge in [-0.3, -0.25) is 4.79 Å². The average Bonchev–Trinajstić information content (AvgIpc) is 3.24. The summed E-state index contributed by atoms with van der Waals surface area (Å²) < 4.78 is 5.29.